The number of ether oxygens (including phenoxy) is 2. The summed E-state index contributed by atoms with van der Waals surface area (Å²) in [7, 11) is 3.14. The Balaban J connectivity index is 1.98. The Labute approximate surface area is 149 Å². The number of carbonyl (C=O) groups is 1. The number of anilines is 3. The molecule has 8 nitrogen and oxygen atoms in total. The third-order valence-corrected chi connectivity index (χ3v) is 3.62. The minimum Gasteiger partial charge on any atom is -0.497 e. The van der Waals surface area contributed by atoms with Crippen LogP contribution in [0.4, 0.5) is 17.5 Å². The fourth-order valence-corrected chi connectivity index (χ4v) is 2.44. The van der Waals surface area contributed by atoms with Crippen molar-refractivity contribution < 1.29 is 19.4 Å². The zero-order chi connectivity index (χ0) is 18.5. The summed E-state index contributed by atoms with van der Waals surface area (Å²) in [6.07, 6.45) is 0. The van der Waals surface area contributed by atoms with Crippen molar-refractivity contribution in [1.82, 2.24) is 9.97 Å². The van der Waals surface area contributed by atoms with E-state index in [1.807, 2.05) is 24.3 Å². The molecule has 3 aromatic rings. The monoisotopic (exact) mass is 354 g/mol. The van der Waals surface area contributed by atoms with Gasteiger partial charge < -0.3 is 25.2 Å². The van der Waals surface area contributed by atoms with E-state index in [2.05, 4.69) is 20.6 Å². The van der Waals surface area contributed by atoms with E-state index in [4.69, 9.17) is 14.6 Å². The van der Waals surface area contributed by atoms with Crippen LogP contribution in [0.3, 0.4) is 0 Å². The van der Waals surface area contributed by atoms with Gasteiger partial charge >= 0.3 is 5.97 Å². The van der Waals surface area contributed by atoms with Gasteiger partial charge in [-0.15, -0.1) is 0 Å². The van der Waals surface area contributed by atoms with E-state index in [0.717, 1.165) is 5.39 Å². The van der Waals surface area contributed by atoms with Gasteiger partial charge in [0.1, 0.15) is 23.9 Å². The summed E-state index contributed by atoms with van der Waals surface area (Å²) in [5.41, 5.74) is 1.37. The molecule has 0 saturated carbocycles. The molecule has 0 amide bonds. The first kappa shape index (κ1) is 17.3. The maximum Gasteiger partial charge on any atom is 0.322 e. The lowest BCUT2D eigenvalue weighted by Gasteiger charge is -2.12. The predicted molar refractivity (Wildman–Crippen MR) is 98.5 cm³/mol. The number of benzene rings is 2. The van der Waals surface area contributed by atoms with Gasteiger partial charge in [-0.25, -0.2) is 4.98 Å². The molecule has 0 spiro atoms. The first-order chi connectivity index (χ1) is 12.6. The number of hydrogen-bond acceptors (Lipinski definition) is 7. The second-order valence-corrected chi connectivity index (χ2v) is 5.39. The van der Waals surface area contributed by atoms with Gasteiger partial charge in [-0.2, -0.15) is 4.98 Å². The molecular weight excluding hydrogens is 336 g/mol. The molecule has 1 heterocycles. The summed E-state index contributed by atoms with van der Waals surface area (Å²) in [5, 5.41) is 15.6. The molecule has 8 heteroatoms. The van der Waals surface area contributed by atoms with Crippen molar-refractivity contribution in [3.8, 4) is 11.5 Å². The zero-order valence-electron chi connectivity index (χ0n) is 14.3. The number of methoxy groups -OCH3 is 2. The maximum absolute atomic E-state index is 10.9. The molecular formula is C18H18N4O4. The van der Waals surface area contributed by atoms with Crippen LogP contribution in [0.25, 0.3) is 10.9 Å². The van der Waals surface area contributed by atoms with Crippen LogP contribution in [0.2, 0.25) is 0 Å². The summed E-state index contributed by atoms with van der Waals surface area (Å²) in [6.45, 7) is -0.243. The highest BCUT2D eigenvalue weighted by Crippen LogP contribution is 2.28. The minimum absolute atomic E-state index is 0.243. The van der Waals surface area contributed by atoms with Crippen molar-refractivity contribution in [2.75, 3.05) is 31.4 Å². The fourth-order valence-electron chi connectivity index (χ4n) is 2.44. The van der Waals surface area contributed by atoms with Crippen LogP contribution in [0.15, 0.2) is 42.5 Å². The van der Waals surface area contributed by atoms with Gasteiger partial charge in [-0.3, -0.25) is 4.79 Å². The predicted octanol–water partition coefficient (Wildman–Crippen LogP) is 2.89. The zero-order valence-corrected chi connectivity index (χ0v) is 14.3. The van der Waals surface area contributed by atoms with E-state index in [1.165, 1.54) is 0 Å². The number of rotatable bonds is 7. The Bertz CT molecular complexity index is 923. The van der Waals surface area contributed by atoms with Crippen LogP contribution in [0.5, 0.6) is 11.5 Å². The first-order valence-electron chi connectivity index (χ1n) is 7.81. The summed E-state index contributed by atoms with van der Waals surface area (Å²) in [5.74, 6) is 1.04. The van der Waals surface area contributed by atoms with Crippen molar-refractivity contribution in [2.45, 2.75) is 0 Å². The van der Waals surface area contributed by atoms with Crippen LogP contribution >= 0.6 is 0 Å². The number of aromatic nitrogens is 2. The van der Waals surface area contributed by atoms with E-state index in [1.54, 1.807) is 32.4 Å². The molecule has 3 rings (SSSR count). The molecule has 0 aliphatic heterocycles. The van der Waals surface area contributed by atoms with E-state index in [-0.39, 0.29) is 6.54 Å². The molecule has 0 atom stereocenters. The first-order valence-corrected chi connectivity index (χ1v) is 7.81. The highest BCUT2D eigenvalue weighted by molar-refractivity contribution is 5.91. The van der Waals surface area contributed by atoms with Crippen molar-refractivity contribution in [2.24, 2.45) is 0 Å². The SMILES string of the molecule is COc1cc(Nc2nc(NCC(=O)O)c3ccccc3n2)cc(OC)c1. The van der Waals surface area contributed by atoms with Crippen LogP contribution in [-0.4, -0.2) is 41.8 Å². The molecule has 0 unspecified atom stereocenters. The summed E-state index contributed by atoms with van der Waals surface area (Å²) in [6, 6.07) is 12.7. The smallest absolute Gasteiger partial charge is 0.322 e. The Morgan fingerprint density at radius 2 is 1.77 bits per heavy atom. The van der Waals surface area contributed by atoms with E-state index < -0.39 is 5.97 Å². The third-order valence-electron chi connectivity index (χ3n) is 3.62. The van der Waals surface area contributed by atoms with Crippen molar-refractivity contribution >= 4 is 34.3 Å². The summed E-state index contributed by atoms with van der Waals surface area (Å²) < 4.78 is 10.5. The molecule has 0 radical (unpaired) electrons. The van der Waals surface area contributed by atoms with Gasteiger partial charge in [0.25, 0.3) is 0 Å². The number of aliphatic carboxylic acids is 1. The van der Waals surface area contributed by atoms with Gasteiger partial charge in [-0.1, -0.05) is 12.1 Å². The Kier molecular flexibility index (Phi) is 5.02. The highest BCUT2D eigenvalue weighted by Gasteiger charge is 2.10. The quantitative estimate of drug-likeness (QED) is 0.595. The molecule has 0 saturated heterocycles. The average Bonchev–Trinajstić information content (AvgIpc) is 2.65. The molecule has 0 aliphatic rings. The molecule has 0 bridgehead atoms. The number of carboxylic acids is 1. The number of nitrogens with zero attached hydrogens (tertiary/aromatic N) is 2. The summed E-state index contributed by atoms with van der Waals surface area (Å²) in [4.78, 5) is 19.8. The lowest BCUT2D eigenvalue weighted by molar-refractivity contribution is -0.134. The van der Waals surface area contributed by atoms with Crippen molar-refractivity contribution in [3.05, 3.63) is 42.5 Å². The lowest BCUT2D eigenvalue weighted by atomic mass is 10.2. The maximum atomic E-state index is 10.9. The van der Waals surface area contributed by atoms with Gasteiger partial charge in [0.15, 0.2) is 0 Å². The van der Waals surface area contributed by atoms with Crippen LogP contribution in [-0.2, 0) is 4.79 Å². The van der Waals surface area contributed by atoms with Gasteiger partial charge in [-0.05, 0) is 12.1 Å². The number of para-hydroxylation sites is 1. The normalized spacial score (nSPS) is 10.4. The number of nitrogens with one attached hydrogen (secondary N) is 2. The summed E-state index contributed by atoms with van der Waals surface area (Å²) >= 11 is 0. The van der Waals surface area contributed by atoms with Gasteiger partial charge in [0, 0.05) is 29.3 Å². The number of hydrogen-bond donors (Lipinski definition) is 3. The van der Waals surface area contributed by atoms with Crippen LogP contribution < -0.4 is 20.1 Å². The number of fused-ring (bicyclic) bond motifs is 1. The van der Waals surface area contributed by atoms with E-state index in [0.29, 0.717) is 34.5 Å². The highest BCUT2D eigenvalue weighted by atomic mass is 16.5. The minimum atomic E-state index is -0.972. The Morgan fingerprint density at radius 1 is 1.08 bits per heavy atom. The van der Waals surface area contributed by atoms with Crippen molar-refractivity contribution in [1.29, 1.82) is 0 Å². The van der Waals surface area contributed by atoms with E-state index >= 15 is 0 Å². The lowest BCUT2D eigenvalue weighted by Crippen LogP contribution is -2.14. The number of carboxylic acid groups (broad SMARTS) is 1. The van der Waals surface area contributed by atoms with Crippen LogP contribution in [0.1, 0.15) is 0 Å². The second-order valence-electron chi connectivity index (χ2n) is 5.39. The molecule has 3 N–H and O–H groups in total. The topological polar surface area (TPSA) is 106 Å². The third kappa shape index (κ3) is 3.92. The molecule has 26 heavy (non-hydrogen) atoms. The van der Waals surface area contributed by atoms with Gasteiger partial charge in [0.2, 0.25) is 5.95 Å². The Hall–Kier alpha value is -3.55. The molecule has 1 aromatic heterocycles. The molecule has 0 aliphatic carbocycles. The molecule has 2 aromatic carbocycles. The van der Waals surface area contributed by atoms with Crippen molar-refractivity contribution in [3.63, 3.8) is 0 Å². The second kappa shape index (κ2) is 7.56. The fraction of sp³-hybridized carbons (Fsp3) is 0.167. The van der Waals surface area contributed by atoms with E-state index in [9.17, 15) is 4.79 Å². The largest absolute Gasteiger partial charge is 0.497 e. The standard InChI is InChI=1S/C18H18N4O4/c1-25-12-7-11(8-13(9-12)26-2)20-18-21-15-6-4-3-5-14(15)17(22-18)19-10-16(23)24/h3-9H,10H2,1-2H3,(H,23,24)(H2,19,20,21,22). The molecule has 0 fully saturated rings. The Morgan fingerprint density at radius 3 is 2.42 bits per heavy atom. The molecule has 134 valence electrons. The van der Waals surface area contributed by atoms with Crippen LogP contribution in [0, 0.1) is 0 Å². The van der Waals surface area contributed by atoms with Gasteiger partial charge in [0.05, 0.1) is 19.7 Å². The average molecular weight is 354 g/mol.